The van der Waals surface area contributed by atoms with Crippen molar-refractivity contribution >= 4 is 38.1 Å². The summed E-state index contributed by atoms with van der Waals surface area (Å²) in [5.74, 6) is 0.249. The van der Waals surface area contributed by atoms with Gasteiger partial charge in [-0.05, 0) is 57.2 Å². The van der Waals surface area contributed by atoms with Crippen molar-refractivity contribution in [3.63, 3.8) is 0 Å². The lowest BCUT2D eigenvalue weighted by Gasteiger charge is -2.10. The molecular weight excluding hydrogens is 412 g/mol. The summed E-state index contributed by atoms with van der Waals surface area (Å²) in [7, 11) is -3.93. The molecule has 3 aromatic rings. The van der Waals surface area contributed by atoms with E-state index in [9.17, 15) is 13.2 Å². The number of hydrogen-bond acceptors (Lipinski definition) is 7. The smallest absolute Gasteiger partial charge is 0.291 e. The SMILES string of the molecule is Cc1ccc(C(=O)Nc2nnc(S(=O)(=O)Nc3ccc(OC(C)C)cc3)s2)cc1. The highest BCUT2D eigenvalue weighted by atomic mass is 32.2. The number of rotatable bonds is 7. The normalized spacial score (nSPS) is 11.3. The van der Waals surface area contributed by atoms with E-state index >= 15 is 0 Å². The van der Waals surface area contributed by atoms with E-state index < -0.39 is 15.9 Å². The van der Waals surface area contributed by atoms with Crippen LogP contribution in [0.1, 0.15) is 29.8 Å². The van der Waals surface area contributed by atoms with Crippen LogP contribution in [-0.4, -0.2) is 30.6 Å². The molecule has 0 saturated carbocycles. The van der Waals surface area contributed by atoms with Crippen LogP contribution in [0.4, 0.5) is 10.8 Å². The van der Waals surface area contributed by atoms with E-state index in [1.807, 2.05) is 32.9 Å². The van der Waals surface area contributed by atoms with Crippen LogP contribution in [0, 0.1) is 6.92 Å². The molecule has 0 saturated heterocycles. The Labute approximate surface area is 173 Å². The zero-order valence-electron chi connectivity index (χ0n) is 16.0. The summed E-state index contributed by atoms with van der Waals surface area (Å²) in [5, 5.41) is 10.1. The number of carbonyl (C=O) groups excluding carboxylic acids is 1. The Morgan fingerprint density at radius 3 is 2.31 bits per heavy atom. The van der Waals surface area contributed by atoms with Crippen molar-refractivity contribution < 1.29 is 17.9 Å². The van der Waals surface area contributed by atoms with Gasteiger partial charge in [-0.25, -0.2) is 0 Å². The molecular formula is C19H20N4O4S2. The first-order valence-corrected chi connectivity index (χ1v) is 11.0. The Morgan fingerprint density at radius 1 is 1.03 bits per heavy atom. The summed E-state index contributed by atoms with van der Waals surface area (Å²) in [6.07, 6.45) is 0.0208. The van der Waals surface area contributed by atoms with Crippen LogP contribution < -0.4 is 14.8 Å². The highest BCUT2D eigenvalue weighted by Crippen LogP contribution is 2.24. The second-order valence-corrected chi connectivity index (χ2v) is 9.32. The van der Waals surface area contributed by atoms with Crippen molar-refractivity contribution in [1.29, 1.82) is 0 Å². The molecule has 2 N–H and O–H groups in total. The second-order valence-electron chi connectivity index (χ2n) is 6.49. The molecule has 0 bridgehead atoms. The molecule has 152 valence electrons. The van der Waals surface area contributed by atoms with Crippen LogP contribution in [0.15, 0.2) is 52.9 Å². The fourth-order valence-corrected chi connectivity index (χ4v) is 4.27. The standard InChI is InChI=1S/C19H20N4O4S2/c1-12(2)27-16-10-8-15(9-11-16)23-29(25,26)19-22-21-18(28-19)20-17(24)14-6-4-13(3)5-7-14/h4-12,23H,1-3H3,(H,20,21,24). The number of amides is 1. The van der Waals surface area contributed by atoms with E-state index in [4.69, 9.17) is 4.74 Å². The van der Waals surface area contributed by atoms with Gasteiger partial charge in [0.2, 0.25) is 5.13 Å². The Kier molecular flexibility index (Phi) is 6.14. The van der Waals surface area contributed by atoms with E-state index in [1.54, 1.807) is 36.4 Å². The average molecular weight is 433 g/mol. The van der Waals surface area contributed by atoms with Gasteiger partial charge in [0.25, 0.3) is 20.3 Å². The summed E-state index contributed by atoms with van der Waals surface area (Å²) >= 11 is 0.767. The molecule has 1 heterocycles. The highest BCUT2D eigenvalue weighted by molar-refractivity contribution is 7.94. The van der Waals surface area contributed by atoms with Crippen LogP contribution in [0.25, 0.3) is 0 Å². The maximum atomic E-state index is 12.5. The lowest BCUT2D eigenvalue weighted by Crippen LogP contribution is -2.13. The van der Waals surface area contributed by atoms with Gasteiger partial charge in [0.15, 0.2) is 0 Å². The fraction of sp³-hybridized carbons (Fsp3) is 0.211. The largest absolute Gasteiger partial charge is 0.491 e. The number of aromatic nitrogens is 2. The summed E-state index contributed by atoms with van der Waals surface area (Å²) < 4.78 is 32.8. The van der Waals surface area contributed by atoms with Gasteiger partial charge in [-0.2, -0.15) is 8.42 Å². The number of carbonyl (C=O) groups is 1. The molecule has 0 aliphatic carbocycles. The quantitative estimate of drug-likeness (QED) is 0.551. The third-order valence-electron chi connectivity index (χ3n) is 3.65. The van der Waals surface area contributed by atoms with Crippen molar-refractivity contribution in [3.8, 4) is 5.75 Å². The molecule has 0 aliphatic heterocycles. The first-order valence-electron chi connectivity index (χ1n) is 8.74. The number of benzene rings is 2. The number of nitrogens with zero attached hydrogens (tertiary/aromatic N) is 2. The van der Waals surface area contributed by atoms with Crippen LogP contribution in [-0.2, 0) is 10.0 Å². The monoisotopic (exact) mass is 432 g/mol. The van der Waals surface area contributed by atoms with E-state index in [0.717, 1.165) is 16.9 Å². The summed E-state index contributed by atoms with van der Waals surface area (Å²) in [5.41, 5.74) is 1.83. The van der Waals surface area contributed by atoms with Gasteiger partial charge in [0, 0.05) is 11.3 Å². The molecule has 1 aromatic heterocycles. The van der Waals surface area contributed by atoms with Crippen molar-refractivity contribution in [2.45, 2.75) is 31.2 Å². The van der Waals surface area contributed by atoms with Gasteiger partial charge < -0.3 is 4.74 Å². The first-order chi connectivity index (χ1) is 13.7. The number of anilines is 2. The number of sulfonamides is 1. The Balaban J connectivity index is 1.68. The molecule has 10 heteroatoms. The van der Waals surface area contributed by atoms with Gasteiger partial charge in [-0.3, -0.25) is 14.8 Å². The first kappa shape index (κ1) is 20.7. The van der Waals surface area contributed by atoms with Crippen LogP contribution in [0.3, 0.4) is 0 Å². The van der Waals surface area contributed by atoms with Crippen molar-refractivity contribution in [1.82, 2.24) is 10.2 Å². The van der Waals surface area contributed by atoms with Crippen molar-refractivity contribution in [2.75, 3.05) is 10.0 Å². The van der Waals surface area contributed by atoms with Gasteiger partial charge in [-0.1, -0.05) is 29.0 Å². The molecule has 0 unspecified atom stereocenters. The van der Waals surface area contributed by atoms with Gasteiger partial charge >= 0.3 is 0 Å². The number of aryl methyl sites for hydroxylation is 1. The molecule has 0 aliphatic rings. The van der Waals surface area contributed by atoms with Crippen LogP contribution in [0.2, 0.25) is 0 Å². The predicted molar refractivity (Wildman–Crippen MR) is 112 cm³/mol. The third kappa shape index (κ3) is 5.52. The zero-order valence-corrected chi connectivity index (χ0v) is 17.7. The van der Waals surface area contributed by atoms with Gasteiger partial charge in [-0.15, -0.1) is 10.2 Å². The molecule has 0 radical (unpaired) electrons. The highest BCUT2D eigenvalue weighted by Gasteiger charge is 2.21. The van der Waals surface area contributed by atoms with Crippen molar-refractivity contribution in [2.24, 2.45) is 0 Å². The zero-order chi connectivity index (χ0) is 21.0. The third-order valence-corrected chi connectivity index (χ3v) is 6.24. The molecule has 8 nitrogen and oxygen atoms in total. The van der Waals surface area contributed by atoms with E-state index in [0.29, 0.717) is 17.0 Å². The van der Waals surface area contributed by atoms with E-state index in [2.05, 4.69) is 20.2 Å². The minimum Gasteiger partial charge on any atom is -0.491 e. The molecule has 29 heavy (non-hydrogen) atoms. The molecule has 0 spiro atoms. The van der Waals surface area contributed by atoms with Gasteiger partial charge in [0.1, 0.15) is 5.75 Å². The topological polar surface area (TPSA) is 110 Å². The maximum Gasteiger partial charge on any atom is 0.291 e. The van der Waals surface area contributed by atoms with Crippen LogP contribution >= 0.6 is 11.3 Å². The summed E-state index contributed by atoms with van der Waals surface area (Å²) in [6.45, 7) is 5.73. The van der Waals surface area contributed by atoms with Crippen LogP contribution in [0.5, 0.6) is 5.75 Å². The van der Waals surface area contributed by atoms with Gasteiger partial charge in [0.05, 0.1) is 6.10 Å². The summed E-state index contributed by atoms with van der Waals surface area (Å²) in [6, 6.07) is 13.5. The Hall–Kier alpha value is -2.98. The number of hydrogen-bond donors (Lipinski definition) is 2. The Bertz CT molecular complexity index is 1090. The minimum atomic E-state index is -3.93. The maximum absolute atomic E-state index is 12.5. The fourth-order valence-electron chi connectivity index (χ4n) is 2.32. The molecule has 1 amide bonds. The lowest BCUT2D eigenvalue weighted by atomic mass is 10.1. The molecule has 2 aromatic carbocycles. The predicted octanol–water partition coefficient (Wildman–Crippen LogP) is 3.69. The summed E-state index contributed by atoms with van der Waals surface area (Å²) in [4.78, 5) is 12.2. The van der Waals surface area contributed by atoms with Crippen molar-refractivity contribution in [3.05, 3.63) is 59.7 Å². The Morgan fingerprint density at radius 2 is 1.69 bits per heavy atom. The molecule has 0 atom stereocenters. The second kappa shape index (κ2) is 8.58. The average Bonchev–Trinajstić information content (AvgIpc) is 3.13. The lowest BCUT2D eigenvalue weighted by molar-refractivity contribution is 0.102. The van der Waals surface area contributed by atoms with E-state index in [1.165, 1.54) is 0 Å². The number of nitrogens with one attached hydrogen (secondary N) is 2. The van der Waals surface area contributed by atoms with E-state index in [-0.39, 0.29) is 15.6 Å². The molecule has 3 rings (SSSR count). The molecule has 0 fully saturated rings. The minimum absolute atomic E-state index is 0.0208. The number of ether oxygens (including phenoxy) is 1.